The highest BCUT2D eigenvalue weighted by molar-refractivity contribution is 9.10. The van der Waals surface area contributed by atoms with Crippen LogP contribution < -0.4 is 5.43 Å². The molecule has 1 N–H and O–H groups in total. The Morgan fingerprint density at radius 1 is 1.10 bits per heavy atom. The largest absolute Gasteiger partial charge is 0.460 e. The first-order valence-corrected chi connectivity index (χ1v) is 9.71. The van der Waals surface area contributed by atoms with Gasteiger partial charge in [-0.25, -0.2) is 10.1 Å². The number of hydrogen-bond donors (Lipinski definition) is 1. The van der Waals surface area contributed by atoms with Crippen LogP contribution in [0.15, 0.2) is 86.9 Å². The van der Waals surface area contributed by atoms with Crippen LogP contribution in [0.4, 0.5) is 0 Å². The van der Waals surface area contributed by atoms with Crippen molar-refractivity contribution in [3.8, 4) is 17.1 Å². The van der Waals surface area contributed by atoms with Crippen LogP contribution in [-0.4, -0.2) is 21.9 Å². The number of para-hydroxylation sites is 1. The van der Waals surface area contributed by atoms with E-state index in [0.29, 0.717) is 21.5 Å². The molecule has 4 aromatic rings. The zero-order chi connectivity index (χ0) is 20.2. The van der Waals surface area contributed by atoms with Crippen LogP contribution in [-0.2, 0) is 0 Å². The van der Waals surface area contributed by atoms with Gasteiger partial charge in [-0.3, -0.25) is 4.79 Å². The van der Waals surface area contributed by atoms with Crippen molar-refractivity contribution < 1.29 is 9.21 Å². The third-order valence-corrected chi connectivity index (χ3v) is 4.92. The highest BCUT2D eigenvalue weighted by atomic mass is 79.9. The first-order chi connectivity index (χ1) is 14.1. The summed E-state index contributed by atoms with van der Waals surface area (Å²) in [5.41, 5.74) is 5.33. The van der Waals surface area contributed by atoms with Crippen molar-refractivity contribution in [3.63, 3.8) is 0 Å². The van der Waals surface area contributed by atoms with E-state index in [9.17, 15) is 4.79 Å². The highest BCUT2D eigenvalue weighted by Crippen LogP contribution is 2.24. The molecule has 6 nitrogen and oxygen atoms in total. The van der Waals surface area contributed by atoms with Crippen molar-refractivity contribution in [2.24, 2.45) is 5.10 Å². The van der Waals surface area contributed by atoms with E-state index in [0.717, 1.165) is 17.0 Å². The van der Waals surface area contributed by atoms with Gasteiger partial charge in [-0.2, -0.15) is 10.2 Å². The average Bonchev–Trinajstić information content (AvgIpc) is 3.35. The Morgan fingerprint density at radius 2 is 1.86 bits per heavy atom. The molecule has 0 saturated carbocycles. The molecule has 0 radical (unpaired) electrons. The van der Waals surface area contributed by atoms with E-state index in [2.05, 4.69) is 31.6 Å². The quantitative estimate of drug-likeness (QED) is 0.346. The van der Waals surface area contributed by atoms with Crippen LogP contribution >= 0.6 is 15.9 Å². The van der Waals surface area contributed by atoms with E-state index in [1.807, 2.05) is 61.7 Å². The van der Waals surface area contributed by atoms with Gasteiger partial charge in [-0.05, 0) is 59.3 Å². The molecule has 0 unspecified atom stereocenters. The normalized spacial score (nSPS) is 11.1. The van der Waals surface area contributed by atoms with Crippen molar-refractivity contribution in [2.75, 3.05) is 0 Å². The predicted molar refractivity (Wildman–Crippen MR) is 115 cm³/mol. The number of amides is 1. The maximum absolute atomic E-state index is 12.3. The van der Waals surface area contributed by atoms with E-state index < -0.39 is 0 Å². The molecule has 0 fully saturated rings. The lowest BCUT2D eigenvalue weighted by atomic mass is 10.2. The smallest absolute Gasteiger partial charge is 0.272 e. The summed E-state index contributed by atoms with van der Waals surface area (Å²) in [7, 11) is 0. The van der Waals surface area contributed by atoms with E-state index in [1.54, 1.807) is 29.1 Å². The predicted octanol–water partition coefficient (Wildman–Crippen LogP) is 4.97. The van der Waals surface area contributed by atoms with Crippen molar-refractivity contribution in [3.05, 3.63) is 94.3 Å². The first kappa shape index (κ1) is 18.9. The molecule has 0 aliphatic carbocycles. The Balaban J connectivity index is 1.63. The molecule has 0 aliphatic heterocycles. The summed E-state index contributed by atoms with van der Waals surface area (Å²) < 4.78 is 8.20. The first-order valence-electron chi connectivity index (χ1n) is 8.91. The number of hydrogen-bond acceptors (Lipinski definition) is 4. The summed E-state index contributed by atoms with van der Waals surface area (Å²) in [5.74, 6) is 1.12. The number of aromatic nitrogens is 2. The summed E-state index contributed by atoms with van der Waals surface area (Å²) in [6.07, 6.45) is 3.41. The summed E-state index contributed by atoms with van der Waals surface area (Å²) in [6.45, 7) is 1.88. The molecule has 7 heteroatoms. The Labute approximate surface area is 176 Å². The third kappa shape index (κ3) is 4.20. The number of furan rings is 1. The van der Waals surface area contributed by atoms with E-state index in [-0.39, 0.29) is 5.91 Å². The molecule has 4 rings (SSSR count). The molecule has 0 saturated heterocycles. The number of nitrogens with zero attached hydrogens (tertiary/aromatic N) is 3. The van der Waals surface area contributed by atoms with Crippen LogP contribution in [0.5, 0.6) is 0 Å². The zero-order valence-electron chi connectivity index (χ0n) is 15.5. The maximum atomic E-state index is 12.3. The Kier molecular flexibility index (Phi) is 5.39. The third-order valence-electron chi connectivity index (χ3n) is 4.23. The lowest BCUT2D eigenvalue weighted by Gasteiger charge is -2.01. The second-order valence-corrected chi connectivity index (χ2v) is 7.16. The van der Waals surface area contributed by atoms with Gasteiger partial charge >= 0.3 is 0 Å². The number of carbonyl (C=O) groups excluding carboxylic acids is 1. The molecule has 144 valence electrons. The number of rotatable bonds is 5. The minimum absolute atomic E-state index is 0.306. The van der Waals surface area contributed by atoms with E-state index in [4.69, 9.17) is 4.42 Å². The highest BCUT2D eigenvalue weighted by Gasteiger charge is 2.14. The standard InChI is InChI=1S/C22H17BrN4O2/c1-15-11-12-20(29-15)21-16(14-27(26-21)17-7-3-2-4-8-17)13-24-25-22(28)18-9-5-6-10-19(18)23/h2-14H,1H3,(H,25,28)/b24-13+. The van der Waals surface area contributed by atoms with Crippen LogP contribution in [0.1, 0.15) is 21.7 Å². The average molecular weight is 449 g/mol. The minimum atomic E-state index is -0.306. The van der Waals surface area contributed by atoms with Gasteiger partial charge in [0.15, 0.2) is 5.76 Å². The fourth-order valence-electron chi connectivity index (χ4n) is 2.81. The molecule has 0 bridgehead atoms. The molecular formula is C22H17BrN4O2. The molecule has 0 spiro atoms. The lowest BCUT2D eigenvalue weighted by molar-refractivity contribution is 0.0954. The van der Waals surface area contributed by atoms with Gasteiger partial charge in [-0.15, -0.1) is 0 Å². The summed E-state index contributed by atoms with van der Waals surface area (Å²) >= 11 is 3.37. The number of halogens is 1. The van der Waals surface area contributed by atoms with Gasteiger partial charge in [0.2, 0.25) is 0 Å². The molecule has 2 aromatic heterocycles. The molecule has 29 heavy (non-hydrogen) atoms. The number of benzene rings is 2. The van der Waals surface area contributed by atoms with Crippen LogP contribution in [0.2, 0.25) is 0 Å². The molecule has 2 aromatic carbocycles. The Bertz CT molecular complexity index is 1180. The Morgan fingerprint density at radius 3 is 2.59 bits per heavy atom. The maximum Gasteiger partial charge on any atom is 0.272 e. The van der Waals surface area contributed by atoms with Gasteiger partial charge in [0.1, 0.15) is 11.5 Å². The molecule has 0 atom stereocenters. The van der Waals surface area contributed by atoms with Gasteiger partial charge < -0.3 is 4.42 Å². The summed E-state index contributed by atoms with van der Waals surface area (Å²) in [4.78, 5) is 12.3. The van der Waals surface area contributed by atoms with E-state index in [1.165, 1.54) is 0 Å². The van der Waals surface area contributed by atoms with Crippen molar-refractivity contribution in [2.45, 2.75) is 6.92 Å². The minimum Gasteiger partial charge on any atom is -0.460 e. The van der Waals surface area contributed by atoms with Crippen molar-refractivity contribution in [1.29, 1.82) is 0 Å². The molecule has 2 heterocycles. The van der Waals surface area contributed by atoms with Crippen molar-refractivity contribution in [1.82, 2.24) is 15.2 Å². The monoisotopic (exact) mass is 448 g/mol. The summed E-state index contributed by atoms with van der Waals surface area (Å²) in [6, 6.07) is 20.7. The number of nitrogens with one attached hydrogen (secondary N) is 1. The van der Waals surface area contributed by atoms with Gasteiger partial charge in [0.05, 0.1) is 17.5 Å². The van der Waals surface area contributed by atoms with Crippen LogP contribution in [0, 0.1) is 6.92 Å². The topological polar surface area (TPSA) is 72.4 Å². The second-order valence-electron chi connectivity index (χ2n) is 6.30. The van der Waals surface area contributed by atoms with Gasteiger partial charge in [0, 0.05) is 16.2 Å². The number of hydrazone groups is 1. The number of carbonyl (C=O) groups is 1. The van der Waals surface area contributed by atoms with E-state index >= 15 is 0 Å². The molecule has 0 aliphatic rings. The Hall–Kier alpha value is -3.45. The lowest BCUT2D eigenvalue weighted by Crippen LogP contribution is -2.18. The zero-order valence-corrected chi connectivity index (χ0v) is 17.1. The van der Waals surface area contributed by atoms with Crippen LogP contribution in [0.25, 0.3) is 17.1 Å². The fourth-order valence-corrected chi connectivity index (χ4v) is 3.28. The van der Waals surface area contributed by atoms with Crippen molar-refractivity contribution >= 4 is 28.1 Å². The number of aryl methyl sites for hydroxylation is 1. The van der Waals surface area contributed by atoms with Crippen LogP contribution in [0.3, 0.4) is 0 Å². The summed E-state index contributed by atoms with van der Waals surface area (Å²) in [5, 5.41) is 8.76. The molecule has 1 amide bonds. The fraction of sp³-hybridized carbons (Fsp3) is 0.0455. The SMILES string of the molecule is Cc1ccc(-c2nn(-c3ccccc3)cc2/C=N/NC(=O)c2ccccc2Br)o1. The molecular weight excluding hydrogens is 432 g/mol. The van der Waals surface area contributed by atoms with Gasteiger partial charge in [0.25, 0.3) is 5.91 Å². The second kappa shape index (κ2) is 8.28. The van der Waals surface area contributed by atoms with Gasteiger partial charge in [-0.1, -0.05) is 30.3 Å².